The minimum Gasteiger partial charge on any atom is -0.372 e. The molecule has 0 amide bonds. The predicted octanol–water partition coefficient (Wildman–Crippen LogP) is 4.43. The summed E-state index contributed by atoms with van der Waals surface area (Å²) in [5.41, 5.74) is 7.34. The third-order valence-electron chi connectivity index (χ3n) is 3.12. The predicted molar refractivity (Wildman–Crippen MR) is 80.6 cm³/mol. The van der Waals surface area contributed by atoms with Gasteiger partial charge in [0.2, 0.25) is 0 Å². The Hall–Kier alpha value is -0.380. The number of ether oxygens (including phenoxy) is 1. The molecule has 1 aromatic carbocycles. The number of rotatable bonds is 8. The zero-order valence-electron chi connectivity index (χ0n) is 11.4. The highest BCUT2D eigenvalue weighted by molar-refractivity contribution is 9.10. The van der Waals surface area contributed by atoms with E-state index in [0.717, 1.165) is 29.5 Å². The van der Waals surface area contributed by atoms with Crippen LogP contribution in [0.25, 0.3) is 0 Å². The molecule has 0 aliphatic heterocycles. The highest BCUT2D eigenvalue weighted by Crippen LogP contribution is 2.29. The number of unbranched alkanes of at least 4 members (excludes halogenated alkanes) is 2. The minimum atomic E-state index is -0.0116. The SMILES string of the molecule is CCCCCOC(c1ccccc1Br)C(N)CC. The van der Waals surface area contributed by atoms with Crippen molar-refractivity contribution in [1.82, 2.24) is 0 Å². The molecule has 0 spiro atoms. The second-order valence-corrected chi connectivity index (χ2v) is 5.45. The van der Waals surface area contributed by atoms with Crippen LogP contribution in [-0.2, 0) is 4.74 Å². The van der Waals surface area contributed by atoms with Crippen molar-refractivity contribution in [3.8, 4) is 0 Å². The van der Waals surface area contributed by atoms with E-state index in [1.165, 1.54) is 12.8 Å². The smallest absolute Gasteiger partial charge is 0.0986 e. The van der Waals surface area contributed by atoms with Gasteiger partial charge in [0.1, 0.15) is 0 Å². The van der Waals surface area contributed by atoms with Crippen LogP contribution in [0.3, 0.4) is 0 Å². The largest absolute Gasteiger partial charge is 0.372 e. The van der Waals surface area contributed by atoms with Crippen LogP contribution in [0.5, 0.6) is 0 Å². The molecule has 2 nitrogen and oxygen atoms in total. The maximum absolute atomic E-state index is 6.19. The van der Waals surface area contributed by atoms with Crippen LogP contribution in [0.4, 0.5) is 0 Å². The summed E-state index contributed by atoms with van der Waals surface area (Å²) in [5.74, 6) is 0. The molecule has 0 aliphatic rings. The van der Waals surface area contributed by atoms with Crippen molar-refractivity contribution < 1.29 is 4.74 Å². The molecule has 0 saturated carbocycles. The van der Waals surface area contributed by atoms with Crippen LogP contribution >= 0.6 is 15.9 Å². The summed E-state index contributed by atoms with van der Waals surface area (Å²) in [6.07, 6.45) is 4.43. The number of nitrogens with two attached hydrogens (primary N) is 1. The first-order valence-electron chi connectivity index (χ1n) is 6.82. The normalized spacial score (nSPS) is 14.4. The monoisotopic (exact) mass is 313 g/mol. The summed E-state index contributed by atoms with van der Waals surface area (Å²) in [5, 5.41) is 0. The van der Waals surface area contributed by atoms with E-state index < -0.39 is 0 Å². The summed E-state index contributed by atoms with van der Waals surface area (Å²) in [4.78, 5) is 0. The Morgan fingerprint density at radius 1 is 1.22 bits per heavy atom. The summed E-state index contributed by atoms with van der Waals surface area (Å²) in [6, 6.07) is 8.22. The molecule has 1 rings (SSSR count). The van der Waals surface area contributed by atoms with E-state index in [2.05, 4.69) is 35.8 Å². The van der Waals surface area contributed by atoms with E-state index in [1.807, 2.05) is 18.2 Å². The maximum atomic E-state index is 6.19. The van der Waals surface area contributed by atoms with Crippen molar-refractivity contribution in [3.05, 3.63) is 34.3 Å². The van der Waals surface area contributed by atoms with Gasteiger partial charge >= 0.3 is 0 Å². The van der Waals surface area contributed by atoms with Crippen molar-refractivity contribution >= 4 is 15.9 Å². The van der Waals surface area contributed by atoms with E-state index in [4.69, 9.17) is 10.5 Å². The third-order valence-corrected chi connectivity index (χ3v) is 3.84. The van der Waals surface area contributed by atoms with Crippen LogP contribution in [0, 0.1) is 0 Å². The molecule has 0 aromatic heterocycles. The van der Waals surface area contributed by atoms with Gasteiger partial charge in [0.25, 0.3) is 0 Å². The van der Waals surface area contributed by atoms with Crippen molar-refractivity contribution in [2.75, 3.05) is 6.61 Å². The zero-order valence-corrected chi connectivity index (χ0v) is 12.9. The highest BCUT2D eigenvalue weighted by atomic mass is 79.9. The lowest BCUT2D eigenvalue weighted by Crippen LogP contribution is -2.30. The topological polar surface area (TPSA) is 35.2 Å². The Morgan fingerprint density at radius 3 is 2.56 bits per heavy atom. The van der Waals surface area contributed by atoms with Crippen LogP contribution < -0.4 is 5.73 Å². The zero-order chi connectivity index (χ0) is 13.4. The highest BCUT2D eigenvalue weighted by Gasteiger charge is 2.20. The van der Waals surface area contributed by atoms with Gasteiger partial charge in [0.15, 0.2) is 0 Å². The molecule has 3 heteroatoms. The molecule has 0 saturated heterocycles. The van der Waals surface area contributed by atoms with Gasteiger partial charge in [-0.3, -0.25) is 0 Å². The van der Waals surface area contributed by atoms with Crippen molar-refractivity contribution in [1.29, 1.82) is 0 Å². The lowest BCUT2D eigenvalue weighted by molar-refractivity contribution is 0.0308. The minimum absolute atomic E-state index is 0.0116. The van der Waals surface area contributed by atoms with E-state index in [9.17, 15) is 0 Å². The Kier molecular flexibility index (Phi) is 7.56. The molecular formula is C15H24BrNO. The summed E-state index contributed by atoms with van der Waals surface area (Å²) >= 11 is 3.58. The Labute approximate surface area is 119 Å². The fourth-order valence-corrected chi connectivity index (χ4v) is 2.44. The number of benzene rings is 1. The second kappa shape index (κ2) is 8.68. The maximum Gasteiger partial charge on any atom is 0.0986 e. The molecule has 0 aliphatic carbocycles. The quantitative estimate of drug-likeness (QED) is 0.720. The molecule has 1 aromatic rings. The first kappa shape index (κ1) is 15.7. The summed E-state index contributed by atoms with van der Waals surface area (Å²) < 4.78 is 7.09. The molecule has 0 fully saturated rings. The Bertz CT molecular complexity index is 343. The molecule has 18 heavy (non-hydrogen) atoms. The molecule has 2 N–H and O–H groups in total. The summed E-state index contributed by atoms with van der Waals surface area (Å²) in [7, 11) is 0. The second-order valence-electron chi connectivity index (χ2n) is 4.59. The van der Waals surface area contributed by atoms with Crippen LogP contribution in [-0.4, -0.2) is 12.6 Å². The van der Waals surface area contributed by atoms with Gasteiger partial charge in [-0.25, -0.2) is 0 Å². The summed E-state index contributed by atoms with van der Waals surface area (Å²) in [6.45, 7) is 5.08. The Balaban J connectivity index is 2.69. The van der Waals surface area contributed by atoms with Gasteiger partial charge in [0.05, 0.1) is 6.10 Å². The van der Waals surface area contributed by atoms with Crippen molar-refractivity contribution in [3.63, 3.8) is 0 Å². The van der Waals surface area contributed by atoms with E-state index >= 15 is 0 Å². The van der Waals surface area contributed by atoms with E-state index in [0.29, 0.717) is 0 Å². The van der Waals surface area contributed by atoms with Crippen molar-refractivity contribution in [2.24, 2.45) is 5.73 Å². The third kappa shape index (κ3) is 4.71. The Morgan fingerprint density at radius 2 is 1.94 bits per heavy atom. The molecule has 2 unspecified atom stereocenters. The van der Waals surface area contributed by atoms with Gasteiger partial charge in [-0.05, 0) is 24.5 Å². The molecular weight excluding hydrogens is 290 g/mol. The average molecular weight is 314 g/mol. The van der Waals surface area contributed by atoms with Crippen molar-refractivity contribution in [2.45, 2.75) is 51.7 Å². The van der Waals surface area contributed by atoms with Crippen LogP contribution in [0.15, 0.2) is 28.7 Å². The van der Waals surface area contributed by atoms with Gasteiger partial charge in [-0.2, -0.15) is 0 Å². The number of halogens is 1. The molecule has 102 valence electrons. The first-order valence-corrected chi connectivity index (χ1v) is 7.61. The van der Waals surface area contributed by atoms with Gasteiger partial charge in [0, 0.05) is 17.1 Å². The molecule has 0 heterocycles. The molecule has 0 radical (unpaired) electrons. The van der Waals surface area contributed by atoms with Gasteiger partial charge in [-0.1, -0.05) is 60.8 Å². The molecule has 2 atom stereocenters. The van der Waals surface area contributed by atoms with Crippen LogP contribution in [0.1, 0.15) is 51.2 Å². The van der Waals surface area contributed by atoms with E-state index in [1.54, 1.807) is 0 Å². The van der Waals surface area contributed by atoms with Crippen LogP contribution in [0.2, 0.25) is 0 Å². The fraction of sp³-hybridized carbons (Fsp3) is 0.600. The first-order chi connectivity index (χ1) is 8.70. The lowest BCUT2D eigenvalue weighted by atomic mass is 10.0. The standard InChI is InChI=1S/C15H24BrNO/c1-3-5-8-11-18-15(14(17)4-2)12-9-6-7-10-13(12)16/h6-7,9-10,14-15H,3-5,8,11,17H2,1-2H3. The fourth-order valence-electron chi connectivity index (χ4n) is 1.93. The lowest BCUT2D eigenvalue weighted by Gasteiger charge is -2.25. The van der Waals surface area contributed by atoms with E-state index in [-0.39, 0.29) is 12.1 Å². The average Bonchev–Trinajstić information content (AvgIpc) is 2.39. The van der Waals surface area contributed by atoms with Gasteiger partial charge in [-0.15, -0.1) is 0 Å². The number of hydrogen-bond acceptors (Lipinski definition) is 2. The van der Waals surface area contributed by atoms with Gasteiger partial charge < -0.3 is 10.5 Å². The number of hydrogen-bond donors (Lipinski definition) is 1. The molecule has 0 bridgehead atoms.